The lowest BCUT2D eigenvalue weighted by Gasteiger charge is -2.27. The molecule has 0 aromatic carbocycles. The Kier molecular flexibility index (Phi) is 6.63. The van der Waals surface area contributed by atoms with Crippen LogP contribution in [-0.2, 0) is 28.8 Å². The minimum absolute atomic E-state index is 0.0387. The maximum absolute atomic E-state index is 12.5. The minimum atomic E-state index is -4.75. The van der Waals surface area contributed by atoms with Gasteiger partial charge in [0.15, 0.2) is 0 Å². The Labute approximate surface area is 184 Å². The zero-order valence-corrected chi connectivity index (χ0v) is 17.1. The molecule has 3 aromatic heterocycles. The van der Waals surface area contributed by atoms with Gasteiger partial charge < -0.3 is 24.2 Å². The van der Waals surface area contributed by atoms with Gasteiger partial charge in [-0.15, -0.1) is 0 Å². The first-order chi connectivity index (χ1) is 15.9. The van der Waals surface area contributed by atoms with Gasteiger partial charge in [-0.3, -0.25) is 0 Å². The van der Waals surface area contributed by atoms with Crippen molar-refractivity contribution in [3.8, 4) is 11.6 Å². The highest BCUT2D eigenvalue weighted by Crippen LogP contribution is 2.28. The number of anilines is 1. The van der Waals surface area contributed by atoms with Crippen LogP contribution in [0.15, 0.2) is 35.2 Å². The first kappa shape index (κ1) is 22.4. The summed E-state index contributed by atoms with van der Waals surface area (Å²) < 4.78 is 52.2. The Hall–Kier alpha value is -3.81. The summed E-state index contributed by atoms with van der Waals surface area (Å²) in [5.74, 6) is -1.19. The topological polar surface area (TPSA) is 128 Å². The van der Waals surface area contributed by atoms with E-state index in [1.54, 1.807) is 6.20 Å². The molecular formula is C19H18F3N7O4. The Bertz CT molecular complexity index is 1070. The average molecular weight is 465 g/mol. The van der Waals surface area contributed by atoms with Crippen molar-refractivity contribution in [2.45, 2.75) is 19.3 Å². The molecule has 3 aromatic rings. The number of alkyl halides is 3. The van der Waals surface area contributed by atoms with Crippen molar-refractivity contribution in [1.29, 1.82) is 0 Å². The van der Waals surface area contributed by atoms with E-state index in [4.69, 9.17) is 9.47 Å². The zero-order chi connectivity index (χ0) is 23.3. The molecule has 11 nitrogen and oxygen atoms in total. The molecular weight excluding hydrogens is 447 g/mol. The number of nitrogens with zero attached hydrogens (tertiary/aromatic N) is 6. The number of aromatic nitrogens is 5. The summed E-state index contributed by atoms with van der Waals surface area (Å²) in [5.41, 5.74) is 1.22. The van der Waals surface area contributed by atoms with Crippen molar-refractivity contribution in [1.82, 2.24) is 30.4 Å². The number of alkyl carbamates (subject to hydrolysis) is 1. The lowest BCUT2D eigenvalue weighted by atomic mass is 10.3. The van der Waals surface area contributed by atoms with Crippen LogP contribution in [0.25, 0.3) is 11.6 Å². The van der Waals surface area contributed by atoms with Crippen LogP contribution in [0.4, 0.5) is 23.8 Å². The van der Waals surface area contributed by atoms with E-state index in [9.17, 15) is 18.0 Å². The largest absolute Gasteiger partial charge is 0.471 e. The standard InChI is InChI=1S/C19H18F3N7O4/c20-19(21,22)17-27-16(28-33-17)15-24-8-13(9-25-15)10-26-18(30)32-11-12-1-2-14(23-7-12)29-3-5-31-6-4-29/h1-2,7-9H,3-6,10-11H2,(H,26,30). The smallest absolute Gasteiger partial charge is 0.445 e. The van der Waals surface area contributed by atoms with Gasteiger partial charge in [-0.2, -0.15) is 18.2 Å². The van der Waals surface area contributed by atoms with Crippen molar-refractivity contribution in [3.05, 3.63) is 47.7 Å². The number of pyridine rings is 1. The second-order valence-electron chi connectivity index (χ2n) is 6.89. The molecule has 0 saturated carbocycles. The second kappa shape index (κ2) is 9.77. The van der Waals surface area contributed by atoms with E-state index in [2.05, 4.69) is 39.8 Å². The van der Waals surface area contributed by atoms with Gasteiger partial charge in [-0.25, -0.2) is 19.7 Å². The third-order valence-corrected chi connectivity index (χ3v) is 4.52. The molecule has 1 saturated heterocycles. The van der Waals surface area contributed by atoms with Crippen LogP contribution >= 0.6 is 0 Å². The number of morpholine rings is 1. The van der Waals surface area contributed by atoms with Crippen LogP contribution in [0.3, 0.4) is 0 Å². The van der Waals surface area contributed by atoms with Crippen molar-refractivity contribution < 1.29 is 32.0 Å². The van der Waals surface area contributed by atoms with E-state index in [0.717, 1.165) is 24.5 Å². The lowest BCUT2D eigenvalue weighted by Crippen LogP contribution is -2.36. The fourth-order valence-corrected chi connectivity index (χ4v) is 2.85. The summed E-state index contributed by atoms with van der Waals surface area (Å²) in [6, 6.07) is 3.70. The molecule has 1 amide bonds. The summed E-state index contributed by atoms with van der Waals surface area (Å²) in [6.45, 7) is 2.97. The van der Waals surface area contributed by atoms with Crippen LogP contribution in [-0.4, -0.2) is 57.5 Å². The molecule has 0 radical (unpaired) electrons. The monoisotopic (exact) mass is 465 g/mol. The van der Waals surface area contributed by atoms with Crippen LogP contribution in [0, 0.1) is 0 Å². The Balaban J connectivity index is 1.23. The fraction of sp³-hybridized carbons (Fsp3) is 0.368. The van der Waals surface area contributed by atoms with E-state index in [1.165, 1.54) is 12.4 Å². The third-order valence-electron chi connectivity index (χ3n) is 4.52. The van der Waals surface area contributed by atoms with Gasteiger partial charge in [0.1, 0.15) is 12.4 Å². The number of carbonyl (C=O) groups is 1. The SMILES string of the molecule is O=C(NCc1cnc(-c2noc(C(F)(F)F)n2)nc1)OCc1ccc(N2CCOCC2)nc1. The number of carbonyl (C=O) groups excluding carboxylic acids is 1. The number of hydrogen-bond donors (Lipinski definition) is 1. The number of rotatable bonds is 6. The van der Waals surface area contributed by atoms with E-state index in [1.807, 2.05) is 12.1 Å². The molecule has 0 aliphatic carbocycles. The summed E-state index contributed by atoms with van der Waals surface area (Å²) in [7, 11) is 0. The fourth-order valence-electron chi connectivity index (χ4n) is 2.85. The molecule has 174 valence electrons. The van der Waals surface area contributed by atoms with Crippen molar-refractivity contribution in [2.75, 3.05) is 31.2 Å². The minimum Gasteiger partial charge on any atom is -0.445 e. The third kappa shape index (κ3) is 5.91. The van der Waals surface area contributed by atoms with E-state index in [0.29, 0.717) is 18.8 Å². The van der Waals surface area contributed by atoms with Gasteiger partial charge >= 0.3 is 18.2 Å². The van der Waals surface area contributed by atoms with Gasteiger partial charge in [0.2, 0.25) is 11.6 Å². The number of amides is 1. The molecule has 4 rings (SSSR count). The first-order valence-corrected chi connectivity index (χ1v) is 9.79. The van der Waals surface area contributed by atoms with Crippen LogP contribution in [0.2, 0.25) is 0 Å². The molecule has 1 aliphatic heterocycles. The van der Waals surface area contributed by atoms with Gasteiger partial charge in [0.25, 0.3) is 0 Å². The number of halogens is 3. The van der Waals surface area contributed by atoms with Gasteiger partial charge in [0.05, 0.1) is 13.2 Å². The van der Waals surface area contributed by atoms with Crippen molar-refractivity contribution in [3.63, 3.8) is 0 Å². The Morgan fingerprint density at radius 2 is 1.79 bits per heavy atom. The maximum atomic E-state index is 12.5. The molecule has 1 fully saturated rings. The number of hydrogen-bond acceptors (Lipinski definition) is 10. The Morgan fingerprint density at radius 3 is 2.42 bits per heavy atom. The predicted molar refractivity (Wildman–Crippen MR) is 105 cm³/mol. The molecule has 0 unspecified atom stereocenters. The molecule has 33 heavy (non-hydrogen) atoms. The van der Waals surface area contributed by atoms with Gasteiger partial charge in [-0.1, -0.05) is 11.2 Å². The molecule has 1 aliphatic rings. The molecule has 4 heterocycles. The summed E-state index contributed by atoms with van der Waals surface area (Å²) in [6.07, 6.45) is -1.13. The first-order valence-electron chi connectivity index (χ1n) is 9.79. The molecule has 0 spiro atoms. The van der Waals surface area contributed by atoms with Crippen molar-refractivity contribution >= 4 is 11.9 Å². The molecule has 0 atom stereocenters. The predicted octanol–water partition coefficient (Wildman–Crippen LogP) is 2.20. The zero-order valence-electron chi connectivity index (χ0n) is 17.1. The molecule has 14 heteroatoms. The highest BCUT2D eigenvalue weighted by molar-refractivity contribution is 5.67. The second-order valence-corrected chi connectivity index (χ2v) is 6.89. The van der Waals surface area contributed by atoms with E-state index >= 15 is 0 Å². The average Bonchev–Trinajstić information content (AvgIpc) is 3.34. The molecule has 0 bridgehead atoms. The summed E-state index contributed by atoms with van der Waals surface area (Å²) >= 11 is 0. The van der Waals surface area contributed by atoms with Crippen LogP contribution in [0.1, 0.15) is 17.0 Å². The molecule has 1 N–H and O–H groups in total. The summed E-state index contributed by atoms with van der Waals surface area (Å²) in [5, 5.41) is 5.74. The normalized spacial score (nSPS) is 14.2. The van der Waals surface area contributed by atoms with Crippen molar-refractivity contribution in [2.24, 2.45) is 0 Å². The highest BCUT2D eigenvalue weighted by Gasteiger charge is 2.38. The van der Waals surface area contributed by atoms with Gasteiger partial charge in [0, 0.05) is 49.4 Å². The van der Waals surface area contributed by atoms with Crippen LogP contribution in [0.5, 0.6) is 0 Å². The lowest BCUT2D eigenvalue weighted by molar-refractivity contribution is -0.159. The highest BCUT2D eigenvalue weighted by atomic mass is 19.4. The maximum Gasteiger partial charge on any atom is 0.471 e. The van der Waals surface area contributed by atoms with Gasteiger partial charge in [-0.05, 0) is 6.07 Å². The quantitative estimate of drug-likeness (QED) is 0.578. The Morgan fingerprint density at radius 1 is 1.06 bits per heavy atom. The van der Waals surface area contributed by atoms with E-state index in [-0.39, 0.29) is 19.0 Å². The summed E-state index contributed by atoms with van der Waals surface area (Å²) in [4.78, 5) is 29.4. The number of ether oxygens (including phenoxy) is 2. The van der Waals surface area contributed by atoms with E-state index < -0.39 is 24.0 Å². The number of nitrogens with one attached hydrogen (secondary N) is 1. The van der Waals surface area contributed by atoms with Crippen LogP contribution < -0.4 is 10.2 Å².